The Morgan fingerprint density at radius 2 is 2.10 bits per heavy atom. The highest BCUT2D eigenvalue weighted by Gasteiger charge is 2.33. The van der Waals surface area contributed by atoms with Gasteiger partial charge in [0.05, 0.1) is 12.6 Å². The fraction of sp³-hybridized carbons (Fsp3) is 0.600. The summed E-state index contributed by atoms with van der Waals surface area (Å²) in [6.07, 6.45) is 0.712. The van der Waals surface area contributed by atoms with Crippen molar-refractivity contribution in [3.8, 4) is 5.75 Å². The Morgan fingerprint density at radius 1 is 1.40 bits per heavy atom. The molecule has 2 rings (SSSR count). The number of ether oxygens (including phenoxy) is 1. The average molecular weight is 279 g/mol. The van der Waals surface area contributed by atoms with Crippen LogP contribution in [0.4, 0.5) is 0 Å². The molecule has 5 nitrogen and oxygen atoms in total. The van der Waals surface area contributed by atoms with Gasteiger partial charge in [-0.2, -0.15) is 0 Å². The number of likely N-dealkylation sites (tertiary alicyclic amines) is 1. The molecule has 0 N–H and O–H groups in total. The van der Waals surface area contributed by atoms with Crippen LogP contribution in [0.5, 0.6) is 5.75 Å². The molecule has 20 heavy (non-hydrogen) atoms. The lowest BCUT2D eigenvalue weighted by Gasteiger charge is -2.25. The Balaban J connectivity index is 2.00. The molecular weight excluding hydrogens is 258 g/mol. The summed E-state index contributed by atoms with van der Waals surface area (Å²) in [7, 11) is 0. The first-order valence-electron chi connectivity index (χ1n) is 6.83. The molecule has 0 radical (unpaired) electrons. The molecule has 2 heterocycles. The number of carbonyl (C=O) groups is 1. The summed E-state index contributed by atoms with van der Waals surface area (Å²) in [5.41, 5.74) is -0.792. The SMILES string of the molecule is Cc1cc(OC2CCN(C(=O)C(C)(C)C)C2)cc(=O)o1. The van der Waals surface area contributed by atoms with Crippen LogP contribution in [0.15, 0.2) is 21.3 Å². The Morgan fingerprint density at radius 3 is 2.70 bits per heavy atom. The molecule has 1 aromatic heterocycles. The third kappa shape index (κ3) is 3.40. The number of hydrogen-bond acceptors (Lipinski definition) is 4. The highest BCUT2D eigenvalue weighted by atomic mass is 16.5. The molecular formula is C15H21NO4. The van der Waals surface area contributed by atoms with Crippen LogP contribution in [0.2, 0.25) is 0 Å². The fourth-order valence-electron chi connectivity index (χ4n) is 2.32. The molecule has 110 valence electrons. The van der Waals surface area contributed by atoms with E-state index in [0.717, 1.165) is 6.42 Å². The zero-order valence-electron chi connectivity index (χ0n) is 12.4. The van der Waals surface area contributed by atoms with Gasteiger partial charge in [0, 0.05) is 24.4 Å². The molecule has 0 aromatic carbocycles. The lowest BCUT2D eigenvalue weighted by Crippen LogP contribution is -2.38. The van der Waals surface area contributed by atoms with Gasteiger partial charge >= 0.3 is 5.63 Å². The molecule has 1 aliphatic rings. The van der Waals surface area contributed by atoms with Crippen LogP contribution < -0.4 is 10.4 Å². The Hall–Kier alpha value is -1.78. The summed E-state index contributed by atoms with van der Waals surface area (Å²) in [6.45, 7) is 8.70. The second-order valence-electron chi connectivity index (χ2n) is 6.25. The maximum absolute atomic E-state index is 12.2. The number of aryl methyl sites for hydroxylation is 1. The van der Waals surface area contributed by atoms with E-state index in [9.17, 15) is 9.59 Å². The fourth-order valence-corrected chi connectivity index (χ4v) is 2.32. The maximum Gasteiger partial charge on any atom is 0.339 e. The van der Waals surface area contributed by atoms with Crippen LogP contribution in [0.25, 0.3) is 0 Å². The summed E-state index contributed by atoms with van der Waals surface area (Å²) >= 11 is 0. The third-order valence-electron chi connectivity index (χ3n) is 3.24. The molecule has 5 heteroatoms. The summed E-state index contributed by atoms with van der Waals surface area (Å²) in [5, 5.41) is 0. The van der Waals surface area contributed by atoms with Gasteiger partial charge in [0.15, 0.2) is 0 Å². The smallest absolute Gasteiger partial charge is 0.339 e. The molecule has 1 atom stereocenters. The summed E-state index contributed by atoms with van der Waals surface area (Å²) in [4.78, 5) is 25.3. The van der Waals surface area contributed by atoms with Gasteiger partial charge in [-0.15, -0.1) is 0 Å². The van der Waals surface area contributed by atoms with E-state index in [0.29, 0.717) is 24.6 Å². The van der Waals surface area contributed by atoms with Gasteiger partial charge < -0.3 is 14.1 Å². The highest BCUT2D eigenvalue weighted by molar-refractivity contribution is 5.81. The Labute approximate surface area is 118 Å². The third-order valence-corrected chi connectivity index (χ3v) is 3.24. The van der Waals surface area contributed by atoms with Gasteiger partial charge in [0.25, 0.3) is 0 Å². The van der Waals surface area contributed by atoms with Crippen molar-refractivity contribution >= 4 is 5.91 Å². The normalized spacial score (nSPS) is 19.2. The molecule has 1 aromatic rings. The largest absolute Gasteiger partial charge is 0.488 e. The van der Waals surface area contributed by atoms with Gasteiger partial charge in [-0.3, -0.25) is 4.79 Å². The Kier molecular flexibility index (Phi) is 3.88. The van der Waals surface area contributed by atoms with Crippen LogP contribution >= 0.6 is 0 Å². The van der Waals surface area contributed by atoms with Crippen LogP contribution in [-0.4, -0.2) is 30.0 Å². The number of amides is 1. The van der Waals surface area contributed by atoms with Crippen molar-refractivity contribution in [2.75, 3.05) is 13.1 Å². The van der Waals surface area contributed by atoms with E-state index in [1.165, 1.54) is 6.07 Å². The first-order chi connectivity index (χ1) is 9.25. The molecule has 1 amide bonds. The lowest BCUT2D eigenvalue weighted by atomic mass is 9.95. The van der Waals surface area contributed by atoms with Crippen molar-refractivity contribution in [1.29, 1.82) is 0 Å². The van der Waals surface area contributed by atoms with Crippen LogP contribution in [0.1, 0.15) is 33.0 Å². The first kappa shape index (κ1) is 14.6. The minimum absolute atomic E-state index is 0.0671. The highest BCUT2D eigenvalue weighted by Crippen LogP contribution is 2.23. The molecule has 1 aliphatic heterocycles. The monoisotopic (exact) mass is 279 g/mol. The van der Waals surface area contributed by atoms with E-state index in [1.54, 1.807) is 13.0 Å². The molecule has 1 saturated heterocycles. The second-order valence-corrected chi connectivity index (χ2v) is 6.25. The predicted molar refractivity (Wildman–Crippen MR) is 74.8 cm³/mol. The average Bonchev–Trinajstić information content (AvgIpc) is 2.73. The molecule has 0 spiro atoms. The topological polar surface area (TPSA) is 59.8 Å². The standard InChI is InChI=1S/C15H21NO4/c1-10-7-12(8-13(17)19-10)20-11-5-6-16(9-11)14(18)15(2,3)4/h7-8,11H,5-6,9H2,1-4H3. The number of hydrogen-bond donors (Lipinski definition) is 0. The maximum atomic E-state index is 12.2. The molecule has 0 aliphatic carbocycles. The number of nitrogens with zero attached hydrogens (tertiary/aromatic N) is 1. The molecule has 1 unspecified atom stereocenters. The van der Waals surface area contributed by atoms with Gasteiger partial charge in [0.2, 0.25) is 5.91 Å². The van der Waals surface area contributed by atoms with Crippen LogP contribution in [0.3, 0.4) is 0 Å². The number of rotatable bonds is 2. The van der Waals surface area contributed by atoms with Gasteiger partial charge in [0.1, 0.15) is 17.6 Å². The molecule has 0 saturated carbocycles. The summed E-state index contributed by atoms with van der Waals surface area (Å²) in [6, 6.07) is 3.02. The van der Waals surface area contributed by atoms with E-state index >= 15 is 0 Å². The van der Waals surface area contributed by atoms with Crippen molar-refractivity contribution in [2.45, 2.75) is 40.2 Å². The van der Waals surface area contributed by atoms with Crippen molar-refractivity contribution in [2.24, 2.45) is 5.41 Å². The van der Waals surface area contributed by atoms with Crippen molar-refractivity contribution in [3.05, 3.63) is 28.3 Å². The van der Waals surface area contributed by atoms with Gasteiger partial charge in [-0.1, -0.05) is 20.8 Å². The second kappa shape index (κ2) is 5.31. The first-order valence-corrected chi connectivity index (χ1v) is 6.83. The van der Waals surface area contributed by atoms with E-state index in [-0.39, 0.29) is 17.4 Å². The summed E-state index contributed by atoms with van der Waals surface area (Å²) in [5.74, 6) is 1.16. The molecule has 1 fully saturated rings. The molecule has 0 bridgehead atoms. The van der Waals surface area contributed by atoms with Crippen LogP contribution in [0, 0.1) is 12.3 Å². The lowest BCUT2D eigenvalue weighted by molar-refractivity contribution is -0.138. The minimum Gasteiger partial charge on any atom is -0.488 e. The minimum atomic E-state index is -0.416. The van der Waals surface area contributed by atoms with Gasteiger partial charge in [-0.05, 0) is 6.92 Å². The van der Waals surface area contributed by atoms with Gasteiger partial charge in [-0.25, -0.2) is 4.79 Å². The van der Waals surface area contributed by atoms with E-state index < -0.39 is 5.63 Å². The quantitative estimate of drug-likeness (QED) is 0.830. The van der Waals surface area contributed by atoms with E-state index in [4.69, 9.17) is 9.15 Å². The zero-order chi connectivity index (χ0) is 14.9. The van der Waals surface area contributed by atoms with E-state index in [1.807, 2.05) is 25.7 Å². The van der Waals surface area contributed by atoms with Crippen LogP contribution in [-0.2, 0) is 4.79 Å². The predicted octanol–water partition coefficient (Wildman–Crippen LogP) is 1.97. The number of carbonyl (C=O) groups excluding carboxylic acids is 1. The van der Waals surface area contributed by atoms with E-state index in [2.05, 4.69) is 0 Å². The summed E-state index contributed by atoms with van der Waals surface area (Å²) < 4.78 is 10.7. The Bertz CT molecular complexity index is 556. The van der Waals surface area contributed by atoms with Crippen molar-refractivity contribution in [3.63, 3.8) is 0 Å². The van der Waals surface area contributed by atoms with Crippen molar-refractivity contribution < 1.29 is 13.9 Å². The van der Waals surface area contributed by atoms with Crippen molar-refractivity contribution in [1.82, 2.24) is 4.90 Å². The zero-order valence-corrected chi connectivity index (χ0v) is 12.4.